The number of nitrogens with two attached hydrogens (primary N) is 1. The van der Waals surface area contributed by atoms with Gasteiger partial charge in [-0.15, -0.1) is 0 Å². The number of benzene rings is 1. The molecule has 0 radical (unpaired) electrons. The highest BCUT2D eigenvalue weighted by molar-refractivity contribution is 5.91. The highest BCUT2D eigenvalue weighted by Gasteiger charge is 2.04. The molecule has 14 heavy (non-hydrogen) atoms. The molecule has 0 saturated carbocycles. The van der Waals surface area contributed by atoms with E-state index in [1.54, 1.807) is 19.1 Å². The molecule has 0 aliphatic rings. The number of rotatable bonds is 3. The van der Waals surface area contributed by atoms with Crippen molar-refractivity contribution in [2.75, 3.05) is 5.32 Å². The zero-order chi connectivity index (χ0) is 10.6. The number of phenolic OH excluding ortho intramolecular Hbond substituents is 1. The van der Waals surface area contributed by atoms with Crippen LogP contribution in [-0.2, 0) is 4.79 Å². The molecule has 4 N–H and O–H groups in total. The van der Waals surface area contributed by atoms with Gasteiger partial charge in [-0.25, -0.2) is 0 Å². The molecule has 1 aromatic rings. The summed E-state index contributed by atoms with van der Waals surface area (Å²) in [7, 11) is 0. The monoisotopic (exact) mass is 194 g/mol. The molecule has 0 bridgehead atoms. The molecule has 1 atom stereocenters. The maximum Gasteiger partial charge on any atom is 0.225 e. The normalized spacial score (nSPS) is 12.1. The van der Waals surface area contributed by atoms with Gasteiger partial charge in [-0.2, -0.15) is 0 Å². The van der Waals surface area contributed by atoms with Crippen molar-refractivity contribution in [2.24, 2.45) is 5.73 Å². The van der Waals surface area contributed by atoms with Gasteiger partial charge in [0, 0.05) is 18.2 Å². The fraction of sp³-hybridized carbons (Fsp3) is 0.300. The van der Waals surface area contributed by atoms with Crippen LogP contribution in [0.2, 0.25) is 0 Å². The second-order valence-corrected chi connectivity index (χ2v) is 3.28. The maximum atomic E-state index is 11.3. The zero-order valence-electron chi connectivity index (χ0n) is 8.03. The summed E-state index contributed by atoms with van der Waals surface area (Å²) in [6, 6.07) is 6.15. The standard InChI is InChI=1S/C10H14N2O2/c1-7(11)6-10(14)12-8-2-4-9(13)5-3-8/h2-5,7,13H,6,11H2,1H3,(H,12,14). The predicted octanol–water partition coefficient (Wildman–Crippen LogP) is 1.07. The predicted molar refractivity (Wildman–Crippen MR) is 55.0 cm³/mol. The van der Waals surface area contributed by atoms with Crippen LogP contribution in [0.25, 0.3) is 0 Å². The van der Waals surface area contributed by atoms with E-state index in [-0.39, 0.29) is 17.7 Å². The zero-order valence-corrected chi connectivity index (χ0v) is 8.03. The number of carbonyl (C=O) groups is 1. The Labute approximate surface area is 82.7 Å². The third-order valence-corrected chi connectivity index (χ3v) is 1.66. The summed E-state index contributed by atoms with van der Waals surface area (Å²) in [4.78, 5) is 11.3. The first-order valence-electron chi connectivity index (χ1n) is 4.42. The molecule has 1 unspecified atom stereocenters. The van der Waals surface area contributed by atoms with Crippen LogP contribution in [-0.4, -0.2) is 17.1 Å². The summed E-state index contributed by atoms with van der Waals surface area (Å²) in [6.45, 7) is 1.77. The summed E-state index contributed by atoms with van der Waals surface area (Å²) in [5.74, 6) is 0.0564. The molecular formula is C10H14N2O2. The second kappa shape index (κ2) is 4.62. The van der Waals surface area contributed by atoms with Gasteiger partial charge in [0.1, 0.15) is 5.75 Å². The fourth-order valence-electron chi connectivity index (χ4n) is 1.05. The first-order chi connectivity index (χ1) is 6.58. The highest BCUT2D eigenvalue weighted by Crippen LogP contribution is 2.13. The Hall–Kier alpha value is -1.55. The van der Waals surface area contributed by atoms with Gasteiger partial charge < -0.3 is 16.2 Å². The molecule has 0 heterocycles. The maximum absolute atomic E-state index is 11.3. The van der Waals surface area contributed by atoms with Crippen LogP contribution in [0.5, 0.6) is 5.75 Å². The third-order valence-electron chi connectivity index (χ3n) is 1.66. The van der Waals surface area contributed by atoms with Crippen molar-refractivity contribution in [3.05, 3.63) is 24.3 Å². The molecule has 0 spiro atoms. The lowest BCUT2D eigenvalue weighted by molar-refractivity contribution is -0.116. The van der Waals surface area contributed by atoms with Gasteiger partial charge in [0.25, 0.3) is 0 Å². The number of hydrogen-bond donors (Lipinski definition) is 3. The van der Waals surface area contributed by atoms with Crippen LogP contribution in [0.4, 0.5) is 5.69 Å². The largest absolute Gasteiger partial charge is 0.508 e. The molecule has 0 aromatic heterocycles. The second-order valence-electron chi connectivity index (χ2n) is 3.28. The van der Waals surface area contributed by atoms with Crippen molar-refractivity contribution in [1.29, 1.82) is 0 Å². The Kier molecular flexibility index (Phi) is 3.48. The number of anilines is 1. The number of nitrogens with one attached hydrogen (secondary N) is 1. The highest BCUT2D eigenvalue weighted by atomic mass is 16.3. The van der Waals surface area contributed by atoms with E-state index in [1.165, 1.54) is 12.1 Å². The minimum atomic E-state index is -0.146. The minimum Gasteiger partial charge on any atom is -0.508 e. The average Bonchev–Trinajstić information content (AvgIpc) is 2.07. The molecule has 0 aliphatic carbocycles. The Morgan fingerprint density at radius 1 is 1.50 bits per heavy atom. The lowest BCUT2D eigenvalue weighted by Crippen LogP contribution is -2.23. The van der Waals surface area contributed by atoms with Crippen molar-refractivity contribution in [3.8, 4) is 5.75 Å². The van der Waals surface area contributed by atoms with Gasteiger partial charge in [0.2, 0.25) is 5.91 Å². The van der Waals surface area contributed by atoms with E-state index in [9.17, 15) is 4.79 Å². The molecule has 1 aromatic carbocycles. The van der Waals surface area contributed by atoms with Crippen LogP contribution < -0.4 is 11.1 Å². The van der Waals surface area contributed by atoms with Gasteiger partial charge in [-0.3, -0.25) is 4.79 Å². The molecule has 0 fully saturated rings. The van der Waals surface area contributed by atoms with E-state index < -0.39 is 0 Å². The van der Waals surface area contributed by atoms with Gasteiger partial charge in [-0.1, -0.05) is 0 Å². The Balaban J connectivity index is 2.52. The molecular weight excluding hydrogens is 180 g/mol. The third kappa shape index (κ3) is 3.45. The molecule has 4 nitrogen and oxygen atoms in total. The Morgan fingerprint density at radius 3 is 2.57 bits per heavy atom. The smallest absolute Gasteiger partial charge is 0.225 e. The minimum absolute atomic E-state index is 0.120. The van der Waals surface area contributed by atoms with Crippen LogP contribution in [0.15, 0.2) is 24.3 Å². The molecule has 0 saturated heterocycles. The van der Waals surface area contributed by atoms with E-state index in [4.69, 9.17) is 10.8 Å². The topological polar surface area (TPSA) is 75.4 Å². The quantitative estimate of drug-likeness (QED) is 0.630. The van der Waals surface area contributed by atoms with Gasteiger partial charge in [0.15, 0.2) is 0 Å². The van der Waals surface area contributed by atoms with Crippen molar-refractivity contribution in [1.82, 2.24) is 0 Å². The molecule has 1 rings (SSSR count). The van der Waals surface area contributed by atoms with Crippen LogP contribution >= 0.6 is 0 Å². The van der Waals surface area contributed by atoms with Crippen molar-refractivity contribution in [3.63, 3.8) is 0 Å². The summed E-state index contributed by atoms with van der Waals surface area (Å²) < 4.78 is 0. The van der Waals surface area contributed by atoms with Crippen molar-refractivity contribution < 1.29 is 9.90 Å². The van der Waals surface area contributed by atoms with Gasteiger partial charge in [0.05, 0.1) is 0 Å². The Morgan fingerprint density at radius 2 is 2.07 bits per heavy atom. The number of amides is 1. The lowest BCUT2D eigenvalue weighted by Gasteiger charge is -2.06. The van der Waals surface area contributed by atoms with Crippen molar-refractivity contribution >= 4 is 11.6 Å². The summed E-state index contributed by atoms with van der Waals surface area (Å²) in [6.07, 6.45) is 0.293. The van der Waals surface area contributed by atoms with E-state index in [2.05, 4.69) is 5.32 Å². The number of carbonyl (C=O) groups excluding carboxylic acids is 1. The lowest BCUT2D eigenvalue weighted by atomic mass is 10.2. The molecule has 0 aliphatic heterocycles. The molecule has 1 amide bonds. The van der Waals surface area contributed by atoms with Crippen LogP contribution in [0.3, 0.4) is 0 Å². The molecule has 4 heteroatoms. The Bertz CT molecular complexity index is 306. The molecule has 76 valence electrons. The summed E-state index contributed by atoms with van der Waals surface area (Å²) in [5, 5.41) is 11.7. The van der Waals surface area contributed by atoms with Crippen LogP contribution in [0.1, 0.15) is 13.3 Å². The van der Waals surface area contributed by atoms with Gasteiger partial charge >= 0.3 is 0 Å². The first-order valence-corrected chi connectivity index (χ1v) is 4.42. The summed E-state index contributed by atoms with van der Waals surface area (Å²) >= 11 is 0. The number of phenols is 1. The number of hydrogen-bond acceptors (Lipinski definition) is 3. The fourth-order valence-corrected chi connectivity index (χ4v) is 1.05. The van der Waals surface area contributed by atoms with Crippen molar-refractivity contribution in [2.45, 2.75) is 19.4 Å². The van der Waals surface area contributed by atoms with E-state index in [1.807, 2.05) is 0 Å². The average molecular weight is 194 g/mol. The summed E-state index contributed by atoms with van der Waals surface area (Å²) in [5.41, 5.74) is 6.13. The number of aromatic hydroxyl groups is 1. The van der Waals surface area contributed by atoms with Gasteiger partial charge in [-0.05, 0) is 31.2 Å². The van der Waals surface area contributed by atoms with E-state index in [0.717, 1.165) is 0 Å². The van der Waals surface area contributed by atoms with E-state index >= 15 is 0 Å². The first kappa shape index (κ1) is 10.5. The van der Waals surface area contributed by atoms with Crippen LogP contribution in [0, 0.1) is 0 Å². The van der Waals surface area contributed by atoms with E-state index in [0.29, 0.717) is 12.1 Å². The SMILES string of the molecule is CC(N)CC(=O)Nc1ccc(O)cc1.